The standard InChI is InChI=1S/C31H20N2S/c1-3-9-21(10-4-1)26-19-23(20-27(32-26)22-11-5-2-6-12-22)33-28-14-8-7-13-24(28)31-25-17-18-34-30(25)16-15-29(31)33/h1-20H. The number of rotatable bonds is 3. The van der Waals surface area contributed by atoms with E-state index in [0.717, 1.165) is 28.2 Å². The molecule has 0 bridgehead atoms. The van der Waals surface area contributed by atoms with Crippen LogP contribution in [0.2, 0.25) is 0 Å². The van der Waals surface area contributed by atoms with Gasteiger partial charge in [-0.1, -0.05) is 78.9 Å². The third-order valence-corrected chi connectivity index (χ3v) is 7.36. The van der Waals surface area contributed by atoms with Crippen LogP contribution in [-0.2, 0) is 0 Å². The highest BCUT2D eigenvalue weighted by Crippen LogP contribution is 2.39. The molecule has 4 aromatic carbocycles. The lowest BCUT2D eigenvalue weighted by Gasteiger charge is -2.13. The van der Waals surface area contributed by atoms with Gasteiger partial charge in [0.1, 0.15) is 0 Å². The number of benzene rings is 4. The number of hydrogen-bond acceptors (Lipinski definition) is 2. The van der Waals surface area contributed by atoms with Crippen LogP contribution in [0.5, 0.6) is 0 Å². The third kappa shape index (κ3) is 2.98. The second kappa shape index (κ2) is 7.68. The minimum absolute atomic E-state index is 0.972. The number of fused-ring (bicyclic) bond motifs is 5. The summed E-state index contributed by atoms with van der Waals surface area (Å²) in [6.07, 6.45) is 0. The number of thiophene rings is 1. The Morgan fingerprint density at radius 3 is 1.91 bits per heavy atom. The molecule has 7 rings (SSSR count). The van der Waals surface area contributed by atoms with Crippen molar-refractivity contribution in [3.8, 4) is 28.2 Å². The molecule has 0 aliphatic carbocycles. The van der Waals surface area contributed by atoms with Crippen molar-refractivity contribution in [2.75, 3.05) is 0 Å². The highest BCUT2D eigenvalue weighted by Gasteiger charge is 2.17. The zero-order valence-corrected chi connectivity index (χ0v) is 19.2. The SMILES string of the molecule is c1ccc(-c2cc(-n3c4ccccc4c4c5ccsc5ccc43)cc(-c3ccccc3)n2)cc1. The summed E-state index contributed by atoms with van der Waals surface area (Å²) in [5.41, 5.74) is 7.72. The fourth-order valence-electron chi connectivity index (χ4n) is 4.95. The van der Waals surface area contributed by atoms with Crippen LogP contribution in [0.15, 0.2) is 121 Å². The zero-order chi connectivity index (χ0) is 22.5. The summed E-state index contributed by atoms with van der Waals surface area (Å²) in [4.78, 5) is 5.07. The molecule has 0 aliphatic heterocycles. The minimum atomic E-state index is 0.972. The van der Waals surface area contributed by atoms with Crippen LogP contribution < -0.4 is 0 Å². The van der Waals surface area contributed by atoms with Crippen LogP contribution in [0.3, 0.4) is 0 Å². The highest BCUT2D eigenvalue weighted by molar-refractivity contribution is 7.17. The van der Waals surface area contributed by atoms with Gasteiger partial charge in [-0.2, -0.15) is 0 Å². The van der Waals surface area contributed by atoms with Gasteiger partial charge in [0, 0.05) is 32.0 Å². The molecule has 7 aromatic rings. The molecule has 0 aliphatic rings. The second-order valence-corrected chi connectivity index (χ2v) is 9.42. The summed E-state index contributed by atoms with van der Waals surface area (Å²) < 4.78 is 3.71. The van der Waals surface area contributed by atoms with Crippen molar-refractivity contribution in [2.24, 2.45) is 0 Å². The molecule has 3 heteroatoms. The summed E-state index contributed by atoms with van der Waals surface area (Å²) >= 11 is 1.80. The van der Waals surface area contributed by atoms with Gasteiger partial charge in [-0.15, -0.1) is 11.3 Å². The number of para-hydroxylation sites is 1. The van der Waals surface area contributed by atoms with E-state index in [2.05, 4.69) is 113 Å². The Kier molecular flexibility index (Phi) is 4.36. The molecule has 160 valence electrons. The van der Waals surface area contributed by atoms with Crippen molar-refractivity contribution < 1.29 is 0 Å². The van der Waals surface area contributed by atoms with Crippen LogP contribution in [0.25, 0.3) is 60.1 Å². The van der Waals surface area contributed by atoms with Crippen LogP contribution in [0, 0.1) is 0 Å². The average Bonchev–Trinajstić information content (AvgIpc) is 3.52. The number of hydrogen-bond donors (Lipinski definition) is 0. The van der Waals surface area contributed by atoms with E-state index in [0.29, 0.717) is 0 Å². The van der Waals surface area contributed by atoms with Crippen molar-refractivity contribution in [1.29, 1.82) is 0 Å². The summed E-state index contributed by atoms with van der Waals surface area (Å²) in [6, 6.07) is 40.8. The van der Waals surface area contributed by atoms with E-state index in [1.807, 2.05) is 12.1 Å². The predicted octanol–water partition coefficient (Wildman–Crippen LogP) is 8.73. The van der Waals surface area contributed by atoms with Crippen LogP contribution in [-0.4, -0.2) is 9.55 Å². The molecular weight excluding hydrogens is 432 g/mol. The maximum atomic E-state index is 5.07. The molecule has 0 unspecified atom stereocenters. The van der Waals surface area contributed by atoms with Crippen molar-refractivity contribution in [3.05, 3.63) is 121 Å². The summed E-state index contributed by atoms with van der Waals surface area (Å²) in [5.74, 6) is 0. The molecule has 0 amide bonds. The monoisotopic (exact) mass is 452 g/mol. The fraction of sp³-hybridized carbons (Fsp3) is 0. The Bertz CT molecular complexity index is 1740. The molecule has 2 nitrogen and oxygen atoms in total. The summed E-state index contributed by atoms with van der Waals surface area (Å²) in [7, 11) is 0. The lowest BCUT2D eigenvalue weighted by molar-refractivity contribution is 1.16. The van der Waals surface area contributed by atoms with Gasteiger partial charge in [-0.05, 0) is 41.8 Å². The molecule has 0 spiro atoms. The van der Waals surface area contributed by atoms with Gasteiger partial charge in [-0.25, -0.2) is 4.98 Å². The van der Waals surface area contributed by atoms with Gasteiger partial charge >= 0.3 is 0 Å². The first-order chi connectivity index (χ1) is 16.9. The number of pyridine rings is 1. The highest BCUT2D eigenvalue weighted by atomic mass is 32.1. The fourth-order valence-corrected chi connectivity index (χ4v) is 5.74. The first kappa shape index (κ1) is 19.3. The summed E-state index contributed by atoms with van der Waals surface area (Å²) in [5, 5.41) is 6.09. The predicted molar refractivity (Wildman–Crippen MR) is 145 cm³/mol. The molecule has 0 saturated heterocycles. The lowest BCUT2D eigenvalue weighted by Crippen LogP contribution is -1.98. The molecular formula is C31H20N2S. The van der Waals surface area contributed by atoms with Gasteiger partial charge in [-0.3, -0.25) is 0 Å². The third-order valence-electron chi connectivity index (χ3n) is 6.48. The van der Waals surface area contributed by atoms with E-state index in [4.69, 9.17) is 4.98 Å². The molecule has 34 heavy (non-hydrogen) atoms. The smallest absolute Gasteiger partial charge is 0.0730 e. The summed E-state index contributed by atoms with van der Waals surface area (Å²) in [6.45, 7) is 0. The van der Waals surface area contributed by atoms with E-state index in [-0.39, 0.29) is 0 Å². The first-order valence-corrected chi connectivity index (χ1v) is 12.3. The molecule has 0 radical (unpaired) electrons. The lowest BCUT2D eigenvalue weighted by atomic mass is 10.1. The quantitative estimate of drug-likeness (QED) is 0.262. The van der Waals surface area contributed by atoms with E-state index in [1.165, 1.54) is 31.9 Å². The Morgan fingerprint density at radius 2 is 1.21 bits per heavy atom. The van der Waals surface area contributed by atoms with Gasteiger partial charge in [0.25, 0.3) is 0 Å². The van der Waals surface area contributed by atoms with Crippen LogP contribution in [0.1, 0.15) is 0 Å². The molecule has 0 saturated carbocycles. The number of aromatic nitrogens is 2. The maximum absolute atomic E-state index is 5.07. The largest absolute Gasteiger partial charge is 0.309 e. The normalized spacial score (nSPS) is 11.5. The van der Waals surface area contributed by atoms with Crippen molar-refractivity contribution in [1.82, 2.24) is 9.55 Å². The second-order valence-electron chi connectivity index (χ2n) is 8.47. The van der Waals surface area contributed by atoms with E-state index < -0.39 is 0 Å². The van der Waals surface area contributed by atoms with Crippen molar-refractivity contribution in [3.63, 3.8) is 0 Å². The Labute approximate surface area is 201 Å². The first-order valence-electron chi connectivity index (χ1n) is 11.4. The van der Waals surface area contributed by atoms with E-state index in [1.54, 1.807) is 11.3 Å². The van der Waals surface area contributed by atoms with Gasteiger partial charge in [0.2, 0.25) is 0 Å². The van der Waals surface area contributed by atoms with E-state index >= 15 is 0 Å². The van der Waals surface area contributed by atoms with Crippen LogP contribution >= 0.6 is 11.3 Å². The van der Waals surface area contributed by atoms with Crippen LogP contribution in [0.4, 0.5) is 0 Å². The topological polar surface area (TPSA) is 17.8 Å². The van der Waals surface area contributed by atoms with E-state index in [9.17, 15) is 0 Å². The number of nitrogens with zero attached hydrogens (tertiary/aromatic N) is 2. The molecule has 0 atom stereocenters. The average molecular weight is 453 g/mol. The zero-order valence-electron chi connectivity index (χ0n) is 18.3. The Hall–Kier alpha value is -4.21. The van der Waals surface area contributed by atoms with Crippen molar-refractivity contribution in [2.45, 2.75) is 0 Å². The van der Waals surface area contributed by atoms with Crippen molar-refractivity contribution >= 4 is 43.2 Å². The minimum Gasteiger partial charge on any atom is -0.309 e. The van der Waals surface area contributed by atoms with Gasteiger partial charge < -0.3 is 4.57 Å². The molecule has 0 N–H and O–H groups in total. The molecule has 3 heterocycles. The van der Waals surface area contributed by atoms with Gasteiger partial charge in [0.15, 0.2) is 0 Å². The Morgan fingerprint density at radius 1 is 0.559 bits per heavy atom. The molecule has 0 fully saturated rings. The Balaban J connectivity index is 1.59. The molecule has 3 aromatic heterocycles. The van der Waals surface area contributed by atoms with Gasteiger partial charge in [0.05, 0.1) is 28.1 Å². The maximum Gasteiger partial charge on any atom is 0.0730 e.